The van der Waals surface area contributed by atoms with Gasteiger partial charge in [0.25, 0.3) is 0 Å². The van der Waals surface area contributed by atoms with Gasteiger partial charge in [0.15, 0.2) is 0 Å². The number of anilines is 1. The minimum atomic E-state index is 0.00765. The van der Waals surface area contributed by atoms with Crippen LogP contribution in [0, 0.1) is 0 Å². The Bertz CT molecular complexity index is 558. The minimum absolute atomic E-state index is 0.00765. The second-order valence-electron chi connectivity index (χ2n) is 5.05. The summed E-state index contributed by atoms with van der Waals surface area (Å²) in [5, 5.41) is 14.6. The van der Waals surface area contributed by atoms with Gasteiger partial charge in [0.1, 0.15) is 0 Å². The van der Waals surface area contributed by atoms with Crippen LogP contribution in [-0.4, -0.2) is 28.8 Å². The van der Waals surface area contributed by atoms with Crippen molar-refractivity contribution in [2.75, 3.05) is 18.4 Å². The highest BCUT2D eigenvalue weighted by Crippen LogP contribution is 2.19. The van der Waals surface area contributed by atoms with Crippen molar-refractivity contribution < 1.29 is 4.79 Å². The van der Waals surface area contributed by atoms with Crippen LogP contribution in [0.3, 0.4) is 0 Å². The first kappa shape index (κ1) is 13.3. The standard InChI is InChI=1S/C14H18N4OS/c19-14(7-11-3-6-20-10-11)17-12-8-16-18(9-12)13-1-4-15-5-2-13/h3,6,8-10,13,15H,1-2,4-5,7H2,(H,17,19). The summed E-state index contributed by atoms with van der Waals surface area (Å²) >= 11 is 1.61. The molecule has 2 N–H and O–H groups in total. The lowest BCUT2D eigenvalue weighted by Gasteiger charge is -2.22. The first-order valence-electron chi connectivity index (χ1n) is 6.87. The van der Waals surface area contributed by atoms with Gasteiger partial charge in [-0.15, -0.1) is 0 Å². The fourth-order valence-electron chi connectivity index (χ4n) is 2.46. The Balaban J connectivity index is 1.57. The number of aromatic nitrogens is 2. The molecule has 1 aliphatic rings. The molecule has 0 atom stereocenters. The van der Waals surface area contributed by atoms with Crippen molar-refractivity contribution in [3.63, 3.8) is 0 Å². The Morgan fingerprint density at radius 1 is 1.50 bits per heavy atom. The van der Waals surface area contributed by atoms with Gasteiger partial charge in [0.2, 0.25) is 5.91 Å². The summed E-state index contributed by atoms with van der Waals surface area (Å²) in [6, 6.07) is 2.42. The van der Waals surface area contributed by atoms with Crippen molar-refractivity contribution in [3.05, 3.63) is 34.8 Å². The fourth-order valence-corrected chi connectivity index (χ4v) is 3.13. The summed E-state index contributed by atoms with van der Waals surface area (Å²) in [5.41, 5.74) is 1.84. The van der Waals surface area contributed by atoms with Crippen LogP contribution in [0.5, 0.6) is 0 Å². The van der Waals surface area contributed by atoms with E-state index in [1.807, 2.05) is 27.7 Å². The largest absolute Gasteiger partial charge is 0.323 e. The normalized spacial score (nSPS) is 16.2. The first-order chi connectivity index (χ1) is 9.81. The van der Waals surface area contributed by atoms with E-state index in [2.05, 4.69) is 15.7 Å². The summed E-state index contributed by atoms with van der Waals surface area (Å²) < 4.78 is 1.97. The van der Waals surface area contributed by atoms with Crippen molar-refractivity contribution in [2.24, 2.45) is 0 Å². The molecule has 5 nitrogen and oxygen atoms in total. The molecule has 0 radical (unpaired) electrons. The molecule has 106 valence electrons. The average Bonchev–Trinajstić information content (AvgIpc) is 3.11. The van der Waals surface area contributed by atoms with Gasteiger partial charge in [-0.2, -0.15) is 16.4 Å². The third kappa shape index (κ3) is 3.26. The molecule has 0 unspecified atom stereocenters. The zero-order valence-corrected chi connectivity index (χ0v) is 12.0. The number of carbonyl (C=O) groups excluding carboxylic acids is 1. The third-order valence-corrected chi connectivity index (χ3v) is 4.24. The summed E-state index contributed by atoms with van der Waals surface area (Å²) in [7, 11) is 0. The maximum atomic E-state index is 11.9. The van der Waals surface area contributed by atoms with E-state index in [0.29, 0.717) is 12.5 Å². The Morgan fingerprint density at radius 2 is 2.35 bits per heavy atom. The van der Waals surface area contributed by atoms with Crippen molar-refractivity contribution in [1.29, 1.82) is 0 Å². The number of piperidine rings is 1. The number of nitrogens with one attached hydrogen (secondary N) is 2. The lowest BCUT2D eigenvalue weighted by molar-refractivity contribution is -0.115. The molecular weight excluding hydrogens is 272 g/mol. The molecule has 1 fully saturated rings. The van der Waals surface area contributed by atoms with Crippen LogP contribution in [0.25, 0.3) is 0 Å². The predicted octanol–water partition coefficient (Wildman–Crippen LogP) is 2.05. The molecule has 0 spiro atoms. The Labute approximate surface area is 122 Å². The molecule has 2 aromatic rings. The number of nitrogens with zero attached hydrogens (tertiary/aromatic N) is 2. The lowest BCUT2D eigenvalue weighted by atomic mass is 10.1. The summed E-state index contributed by atoms with van der Waals surface area (Å²) in [5.74, 6) is 0.00765. The second-order valence-corrected chi connectivity index (χ2v) is 5.83. The van der Waals surface area contributed by atoms with Crippen LogP contribution in [0.4, 0.5) is 5.69 Å². The van der Waals surface area contributed by atoms with E-state index in [9.17, 15) is 4.79 Å². The minimum Gasteiger partial charge on any atom is -0.323 e. The van der Waals surface area contributed by atoms with Crippen molar-refractivity contribution in [3.8, 4) is 0 Å². The van der Waals surface area contributed by atoms with Gasteiger partial charge in [-0.1, -0.05) is 0 Å². The van der Waals surface area contributed by atoms with E-state index in [0.717, 1.165) is 37.2 Å². The van der Waals surface area contributed by atoms with Gasteiger partial charge >= 0.3 is 0 Å². The van der Waals surface area contributed by atoms with Crippen molar-refractivity contribution in [1.82, 2.24) is 15.1 Å². The van der Waals surface area contributed by atoms with Crippen molar-refractivity contribution in [2.45, 2.75) is 25.3 Å². The Kier molecular flexibility index (Phi) is 4.13. The van der Waals surface area contributed by atoms with E-state index in [1.165, 1.54) is 0 Å². The van der Waals surface area contributed by atoms with Crippen LogP contribution in [0.15, 0.2) is 29.2 Å². The fraction of sp³-hybridized carbons (Fsp3) is 0.429. The molecule has 1 amide bonds. The molecule has 2 aromatic heterocycles. The van der Waals surface area contributed by atoms with Gasteiger partial charge in [0, 0.05) is 6.20 Å². The highest BCUT2D eigenvalue weighted by Gasteiger charge is 2.16. The number of amides is 1. The van der Waals surface area contributed by atoms with Gasteiger partial charge in [-0.3, -0.25) is 9.48 Å². The summed E-state index contributed by atoms with van der Waals surface area (Å²) in [6.45, 7) is 2.06. The zero-order chi connectivity index (χ0) is 13.8. The molecule has 6 heteroatoms. The first-order valence-corrected chi connectivity index (χ1v) is 7.81. The second kappa shape index (κ2) is 6.19. The predicted molar refractivity (Wildman–Crippen MR) is 80.0 cm³/mol. The Hall–Kier alpha value is -1.66. The lowest BCUT2D eigenvalue weighted by Crippen LogP contribution is -2.29. The number of hydrogen-bond donors (Lipinski definition) is 2. The van der Waals surface area contributed by atoms with Crippen LogP contribution < -0.4 is 10.6 Å². The zero-order valence-electron chi connectivity index (χ0n) is 11.2. The SMILES string of the molecule is O=C(Cc1ccsc1)Nc1cnn(C2CCNCC2)c1. The van der Waals surface area contributed by atoms with E-state index < -0.39 is 0 Å². The molecule has 0 aromatic carbocycles. The number of hydrogen-bond acceptors (Lipinski definition) is 4. The van der Waals surface area contributed by atoms with E-state index in [1.54, 1.807) is 17.5 Å². The number of thiophene rings is 1. The smallest absolute Gasteiger partial charge is 0.228 e. The van der Waals surface area contributed by atoms with Gasteiger partial charge in [0.05, 0.1) is 24.3 Å². The molecule has 1 aliphatic heterocycles. The van der Waals surface area contributed by atoms with E-state index >= 15 is 0 Å². The van der Waals surface area contributed by atoms with Crippen molar-refractivity contribution >= 4 is 22.9 Å². The van der Waals surface area contributed by atoms with E-state index in [-0.39, 0.29) is 5.91 Å². The van der Waals surface area contributed by atoms with Crippen LogP contribution in [0.1, 0.15) is 24.4 Å². The van der Waals surface area contributed by atoms with Gasteiger partial charge < -0.3 is 10.6 Å². The van der Waals surface area contributed by atoms with Gasteiger partial charge in [-0.05, 0) is 48.3 Å². The molecule has 0 aliphatic carbocycles. The van der Waals surface area contributed by atoms with Crippen LogP contribution >= 0.6 is 11.3 Å². The van der Waals surface area contributed by atoms with E-state index in [4.69, 9.17) is 0 Å². The average molecular weight is 290 g/mol. The van der Waals surface area contributed by atoms with Crippen LogP contribution in [-0.2, 0) is 11.2 Å². The summed E-state index contributed by atoms with van der Waals surface area (Å²) in [6.07, 6.45) is 6.25. The maximum Gasteiger partial charge on any atom is 0.228 e. The number of carbonyl (C=O) groups is 1. The molecule has 0 bridgehead atoms. The highest BCUT2D eigenvalue weighted by atomic mass is 32.1. The molecule has 3 rings (SSSR count). The number of rotatable bonds is 4. The van der Waals surface area contributed by atoms with Crippen LogP contribution in [0.2, 0.25) is 0 Å². The molecule has 20 heavy (non-hydrogen) atoms. The molecule has 0 saturated carbocycles. The molecular formula is C14H18N4OS. The van der Waals surface area contributed by atoms with Gasteiger partial charge in [-0.25, -0.2) is 0 Å². The monoisotopic (exact) mass is 290 g/mol. The topological polar surface area (TPSA) is 59.0 Å². The quantitative estimate of drug-likeness (QED) is 0.906. The molecule has 3 heterocycles. The third-order valence-electron chi connectivity index (χ3n) is 3.51. The maximum absolute atomic E-state index is 11.9. The highest BCUT2D eigenvalue weighted by molar-refractivity contribution is 7.08. The molecule has 1 saturated heterocycles. The Morgan fingerprint density at radius 3 is 3.10 bits per heavy atom. The summed E-state index contributed by atoms with van der Waals surface area (Å²) in [4.78, 5) is 11.9.